The summed E-state index contributed by atoms with van der Waals surface area (Å²) in [4.78, 5) is 25.5. The van der Waals surface area contributed by atoms with Crippen LogP contribution in [0.5, 0.6) is 5.75 Å². The van der Waals surface area contributed by atoms with Crippen LogP contribution in [-0.2, 0) is 0 Å². The molecule has 0 saturated carbocycles. The van der Waals surface area contributed by atoms with Crippen LogP contribution in [0, 0.1) is 27.7 Å². The van der Waals surface area contributed by atoms with Gasteiger partial charge in [0.05, 0.1) is 5.56 Å². The third-order valence-electron chi connectivity index (χ3n) is 5.30. The number of ketones is 1. The van der Waals surface area contributed by atoms with E-state index in [-0.39, 0.29) is 18.3 Å². The van der Waals surface area contributed by atoms with Crippen LogP contribution >= 0.6 is 0 Å². The van der Waals surface area contributed by atoms with Crippen LogP contribution in [0.3, 0.4) is 0 Å². The van der Waals surface area contributed by atoms with Crippen molar-refractivity contribution in [2.45, 2.75) is 27.7 Å². The van der Waals surface area contributed by atoms with E-state index in [9.17, 15) is 9.59 Å². The van der Waals surface area contributed by atoms with Crippen LogP contribution < -0.4 is 10.1 Å². The molecule has 0 atom stereocenters. The van der Waals surface area contributed by atoms with E-state index >= 15 is 0 Å². The van der Waals surface area contributed by atoms with Crippen LogP contribution in [0.15, 0.2) is 60.7 Å². The molecular weight excluding hydrogens is 362 g/mol. The van der Waals surface area contributed by atoms with Crippen molar-refractivity contribution in [3.05, 3.63) is 94.0 Å². The topological polar surface area (TPSA) is 55.4 Å². The van der Waals surface area contributed by atoms with Crippen LogP contribution in [0.2, 0.25) is 0 Å². The van der Waals surface area contributed by atoms with Crippen molar-refractivity contribution in [1.82, 2.24) is 0 Å². The first-order valence-electron chi connectivity index (χ1n) is 9.57. The highest BCUT2D eigenvalue weighted by molar-refractivity contribution is 6.06. The summed E-state index contributed by atoms with van der Waals surface area (Å²) >= 11 is 0. The van der Waals surface area contributed by atoms with Crippen molar-refractivity contribution in [2.24, 2.45) is 0 Å². The molecule has 0 aromatic heterocycles. The second-order valence-corrected chi connectivity index (χ2v) is 7.14. The van der Waals surface area contributed by atoms with Gasteiger partial charge in [-0.1, -0.05) is 30.3 Å². The molecule has 0 aliphatic rings. The fourth-order valence-corrected chi connectivity index (χ4v) is 3.22. The number of hydrogen-bond donors (Lipinski definition) is 1. The lowest BCUT2D eigenvalue weighted by Crippen LogP contribution is -2.17. The fraction of sp³-hybridized carbons (Fsp3) is 0.200. The predicted molar refractivity (Wildman–Crippen MR) is 116 cm³/mol. The van der Waals surface area contributed by atoms with Gasteiger partial charge in [-0.15, -0.1) is 0 Å². The predicted octanol–water partition coefficient (Wildman–Crippen LogP) is 5.43. The molecule has 0 aliphatic heterocycles. The first-order chi connectivity index (χ1) is 13.9. The summed E-state index contributed by atoms with van der Waals surface area (Å²) in [6.07, 6.45) is 0. The van der Waals surface area contributed by atoms with Crippen LogP contribution in [0.4, 0.5) is 5.69 Å². The average molecular weight is 387 g/mol. The number of ether oxygens (including phenoxy) is 1. The Hall–Kier alpha value is -3.40. The van der Waals surface area contributed by atoms with E-state index in [1.54, 1.807) is 24.3 Å². The first-order valence-corrected chi connectivity index (χ1v) is 9.57. The molecule has 4 heteroatoms. The largest absolute Gasteiger partial charge is 0.485 e. The molecule has 3 rings (SSSR count). The van der Waals surface area contributed by atoms with Gasteiger partial charge in [0.2, 0.25) is 0 Å². The standard InChI is InChI=1S/C25H25NO3/c1-16-14-22(19(4)18(3)17(16)2)23(27)15-29-24-13-9-8-12-21(24)25(28)26-20-10-6-5-7-11-20/h5-14H,15H2,1-4H3,(H,26,28). The third-order valence-corrected chi connectivity index (χ3v) is 5.30. The molecule has 1 amide bonds. The number of carbonyl (C=O) groups is 2. The highest BCUT2D eigenvalue weighted by Gasteiger charge is 2.17. The molecule has 1 N–H and O–H groups in total. The van der Waals surface area contributed by atoms with Crippen molar-refractivity contribution < 1.29 is 14.3 Å². The van der Waals surface area contributed by atoms with Crippen LogP contribution in [-0.4, -0.2) is 18.3 Å². The van der Waals surface area contributed by atoms with Crippen molar-refractivity contribution in [3.63, 3.8) is 0 Å². The Bertz CT molecular complexity index is 1060. The summed E-state index contributed by atoms with van der Waals surface area (Å²) in [5.74, 6) is -0.00286. The summed E-state index contributed by atoms with van der Waals surface area (Å²) < 4.78 is 5.77. The lowest BCUT2D eigenvalue weighted by atomic mass is 9.93. The van der Waals surface area contributed by atoms with Crippen LogP contribution in [0.25, 0.3) is 0 Å². The molecule has 29 heavy (non-hydrogen) atoms. The number of para-hydroxylation sites is 2. The molecule has 0 spiro atoms. The molecule has 148 valence electrons. The van der Waals surface area contributed by atoms with Crippen molar-refractivity contribution in [3.8, 4) is 5.75 Å². The minimum absolute atomic E-state index is 0.105. The number of nitrogens with one attached hydrogen (secondary N) is 1. The van der Waals surface area contributed by atoms with Gasteiger partial charge in [-0.25, -0.2) is 0 Å². The van der Waals surface area contributed by atoms with Gasteiger partial charge in [-0.05, 0) is 80.3 Å². The van der Waals surface area contributed by atoms with E-state index in [0.717, 1.165) is 16.7 Å². The maximum atomic E-state index is 12.8. The van der Waals surface area contributed by atoms with Crippen molar-refractivity contribution in [2.75, 3.05) is 11.9 Å². The summed E-state index contributed by atoms with van der Waals surface area (Å²) in [6, 6.07) is 18.1. The van der Waals surface area contributed by atoms with Gasteiger partial charge in [0.25, 0.3) is 5.91 Å². The minimum Gasteiger partial charge on any atom is -0.485 e. The van der Waals surface area contributed by atoms with Crippen molar-refractivity contribution >= 4 is 17.4 Å². The van der Waals surface area contributed by atoms with E-state index in [1.165, 1.54) is 5.56 Å². The summed E-state index contributed by atoms with van der Waals surface area (Å²) in [7, 11) is 0. The molecule has 3 aromatic carbocycles. The summed E-state index contributed by atoms with van der Waals surface area (Å²) in [6.45, 7) is 7.92. The number of aryl methyl sites for hydroxylation is 1. The Kier molecular flexibility index (Phi) is 6.13. The van der Waals surface area contributed by atoms with Gasteiger partial charge in [-0.3, -0.25) is 9.59 Å². The summed E-state index contributed by atoms with van der Waals surface area (Å²) in [5, 5.41) is 2.84. The SMILES string of the molecule is Cc1cc(C(=O)COc2ccccc2C(=O)Nc2ccccc2)c(C)c(C)c1C. The highest BCUT2D eigenvalue weighted by atomic mass is 16.5. The Morgan fingerprint density at radius 1 is 0.793 bits per heavy atom. The second kappa shape index (κ2) is 8.74. The smallest absolute Gasteiger partial charge is 0.259 e. The lowest BCUT2D eigenvalue weighted by Gasteiger charge is -2.15. The molecule has 0 saturated heterocycles. The number of amides is 1. The second-order valence-electron chi connectivity index (χ2n) is 7.14. The molecule has 0 fully saturated rings. The lowest BCUT2D eigenvalue weighted by molar-refractivity contribution is 0.0913. The van der Waals surface area contributed by atoms with Gasteiger partial charge < -0.3 is 10.1 Å². The molecule has 4 nitrogen and oxygen atoms in total. The Morgan fingerprint density at radius 2 is 1.45 bits per heavy atom. The highest BCUT2D eigenvalue weighted by Crippen LogP contribution is 2.23. The van der Waals surface area contributed by atoms with Crippen molar-refractivity contribution in [1.29, 1.82) is 0 Å². The first kappa shape index (κ1) is 20.3. The zero-order chi connectivity index (χ0) is 21.0. The van der Waals surface area contributed by atoms with E-state index in [4.69, 9.17) is 4.74 Å². The van der Waals surface area contributed by atoms with E-state index in [2.05, 4.69) is 12.2 Å². The number of hydrogen-bond acceptors (Lipinski definition) is 3. The quantitative estimate of drug-likeness (QED) is 0.574. The number of carbonyl (C=O) groups excluding carboxylic acids is 2. The minimum atomic E-state index is -0.280. The average Bonchev–Trinajstić information content (AvgIpc) is 2.74. The van der Waals surface area contributed by atoms with E-state index in [0.29, 0.717) is 22.6 Å². The number of benzene rings is 3. The Labute approximate surface area is 171 Å². The Balaban J connectivity index is 1.77. The number of rotatable bonds is 6. The Morgan fingerprint density at radius 3 is 2.17 bits per heavy atom. The maximum absolute atomic E-state index is 12.8. The third kappa shape index (κ3) is 4.54. The van der Waals surface area contributed by atoms with Gasteiger partial charge in [0, 0.05) is 11.3 Å². The molecule has 3 aromatic rings. The molecule has 0 radical (unpaired) electrons. The molecule has 0 bridgehead atoms. The van der Waals surface area contributed by atoms with Gasteiger partial charge >= 0.3 is 0 Å². The van der Waals surface area contributed by atoms with Gasteiger partial charge in [0.1, 0.15) is 5.75 Å². The van der Waals surface area contributed by atoms with Gasteiger partial charge in [-0.2, -0.15) is 0 Å². The van der Waals surface area contributed by atoms with Crippen LogP contribution in [0.1, 0.15) is 43.0 Å². The van der Waals surface area contributed by atoms with Gasteiger partial charge in [0.15, 0.2) is 12.4 Å². The molecule has 0 unspecified atom stereocenters. The van der Waals surface area contributed by atoms with E-state index in [1.807, 2.05) is 57.2 Å². The fourth-order valence-electron chi connectivity index (χ4n) is 3.22. The molecule has 0 aliphatic carbocycles. The zero-order valence-electron chi connectivity index (χ0n) is 17.2. The monoisotopic (exact) mass is 387 g/mol. The molecule has 0 heterocycles. The zero-order valence-corrected chi connectivity index (χ0v) is 17.2. The molecular formula is C25H25NO3. The van der Waals surface area contributed by atoms with E-state index < -0.39 is 0 Å². The number of Topliss-reactive ketones (excluding diaryl/α,β-unsaturated/α-hetero) is 1. The normalized spacial score (nSPS) is 10.5. The summed E-state index contributed by atoms with van der Waals surface area (Å²) in [5.41, 5.74) is 6.12. The number of anilines is 1. The maximum Gasteiger partial charge on any atom is 0.259 e.